The van der Waals surface area contributed by atoms with Gasteiger partial charge in [-0.1, -0.05) is 216 Å². The highest BCUT2D eigenvalue weighted by Crippen LogP contribution is 2.22. The largest absolute Gasteiger partial charge is 0.261 e. The average Bonchev–Trinajstić information content (AvgIpc) is 3.45. The third-order valence-corrected chi connectivity index (χ3v) is 11.1. The van der Waals surface area contributed by atoms with E-state index in [0.29, 0.717) is 5.92 Å². The first kappa shape index (κ1) is 42.1. The van der Waals surface area contributed by atoms with E-state index in [-0.39, 0.29) is 0 Å². The van der Waals surface area contributed by atoms with Gasteiger partial charge in [0.25, 0.3) is 5.82 Å². The van der Waals surface area contributed by atoms with Crippen molar-refractivity contribution in [1.29, 1.82) is 0 Å². The summed E-state index contributed by atoms with van der Waals surface area (Å²) in [7, 11) is 0. The van der Waals surface area contributed by atoms with Crippen molar-refractivity contribution in [3.05, 3.63) is 89.5 Å². The number of rotatable bonds is 32. The standard InChI is InChI=1S/C48H79N2/c1-4-6-8-10-12-14-16-17-18-20-22-24-26-34-40-50-47(41-44(3)46-37-31-28-32-38-46)43-49(48(50)42-45-35-29-27-30-36-45)39-33-25-23-21-19-15-13-11-9-7-5-2/h27-32,35-38,43-44H,4-26,33-34,39-42H2,1-3H3/q+1. The van der Waals surface area contributed by atoms with Gasteiger partial charge in [-0.05, 0) is 42.7 Å². The van der Waals surface area contributed by atoms with Crippen molar-refractivity contribution in [3.63, 3.8) is 0 Å². The average molecular weight is 684 g/mol. The van der Waals surface area contributed by atoms with E-state index in [4.69, 9.17) is 0 Å². The summed E-state index contributed by atoms with van der Waals surface area (Å²) in [5, 5.41) is 0. The zero-order valence-corrected chi connectivity index (χ0v) is 33.3. The van der Waals surface area contributed by atoms with Gasteiger partial charge in [0.15, 0.2) is 0 Å². The van der Waals surface area contributed by atoms with Crippen molar-refractivity contribution in [3.8, 4) is 0 Å². The number of aromatic nitrogens is 2. The van der Waals surface area contributed by atoms with Crippen LogP contribution >= 0.6 is 0 Å². The molecule has 0 saturated heterocycles. The SMILES string of the molecule is CCCCCCCCCCCCCCCC[n+]1c(CC(C)c2ccccc2)cn(CCCCCCCCCCCCC)c1Cc1ccccc1. The third-order valence-electron chi connectivity index (χ3n) is 11.1. The van der Waals surface area contributed by atoms with E-state index in [1.54, 1.807) is 0 Å². The Bertz CT molecular complexity index is 1180. The van der Waals surface area contributed by atoms with Crippen molar-refractivity contribution in [2.24, 2.45) is 0 Å². The number of hydrogen-bond acceptors (Lipinski definition) is 0. The molecule has 0 N–H and O–H groups in total. The molecule has 0 aliphatic carbocycles. The van der Waals surface area contributed by atoms with E-state index < -0.39 is 0 Å². The second-order valence-electron chi connectivity index (χ2n) is 15.7. The smallest absolute Gasteiger partial charge is 0.234 e. The Morgan fingerprint density at radius 3 is 1.40 bits per heavy atom. The van der Waals surface area contributed by atoms with Crippen LogP contribution in [0.2, 0.25) is 0 Å². The molecule has 280 valence electrons. The second-order valence-corrected chi connectivity index (χ2v) is 15.7. The molecule has 0 fully saturated rings. The summed E-state index contributed by atoms with van der Waals surface area (Å²) in [6.07, 6.45) is 39.9. The number of unbranched alkanes of at least 4 members (excludes halogenated alkanes) is 23. The molecule has 2 nitrogen and oxygen atoms in total. The summed E-state index contributed by atoms with van der Waals surface area (Å²) >= 11 is 0. The van der Waals surface area contributed by atoms with E-state index >= 15 is 0 Å². The number of imidazole rings is 1. The van der Waals surface area contributed by atoms with Crippen molar-refractivity contribution in [2.45, 2.75) is 213 Å². The number of nitrogens with zero attached hydrogens (tertiary/aromatic N) is 2. The van der Waals surface area contributed by atoms with Gasteiger partial charge in [-0.2, -0.15) is 0 Å². The zero-order chi connectivity index (χ0) is 35.3. The van der Waals surface area contributed by atoms with Crippen LogP contribution in [0.5, 0.6) is 0 Å². The summed E-state index contributed by atoms with van der Waals surface area (Å²) in [6.45, 7) is 9.35. The summed E-state index contributed by atoms with van der Waals surface area (Å²) in [5.74, 6) is 2.04. The van der Waals surface area contributed by atoms with Crippen LogP contribution in [-0.4, -0.2) is 4.57 Å². The topological polar surface area (TPSA) is 8.81 Å². The molecule has 2 heteroatoms. The number of benzene rings is 2. The Kier molecular flexibility index (Phi) is 23.8. The van der Waals surface area contributed by atoms with Gasteiger partial charge < -0.3 is 0 Å². The molecule has 1 atom stereocenters. The fraction of sp³-hybridized carbons (Fsp3) is 0.688. The van der Waals surface area contributed by atoms with E-state index in [0.717, 1.165) is 25.9 Å². The molecule has 0 saturated carbocycles. The molecule has 0 aliphatic rings. The van der Waals surface area contributed by atoms with Crippen LogP contribution in [0.4, 0.5) is 0 Å². The molecule has 0 spiro atoms. The Balaban J connectivity index is 1.54. The first-order chi connectivity index (χ1) is 24.7. The molecule has 0 radical (unpaired) electrons. The van der Waals surface area contributed by atoms with Crippen LogP contribution in [-0.2, 0) is 25.9 Å². The predicted octanol–water partition coefficient (Wildman–Crippen LogP) is 14.5. The Morgan fingerprint density at radius 2 is 0.920 bits per heavy atom. The van der Waals surface area contributed by atoms with Gasteiger partial charge in [0.05, 0.1) is 19.5 Å². The molecule has 50 heavy (non-hydrogen) atoms. The quantitative estimate of drug-likeness (QED) is 0.0457. The molecule has 3 rings (SSSR count). The summed E-state index contributed by atoms with van der Waals surface area (Å²) in [4.78, 5) is 0. The summed E-state index contributed by atoms with van der Waals surface area (Å²) in [6, 6.07) is 22.4. The van der Waals surface area contributed by atoms with E-state index in [1.807, 2.05) is 0 Å². The Morgan fingerprint density at radius 1 is 0.500 bits per heavy atom. The molecule has 2 aromatic carbocycles. The highest BCUT2D eigenvalue weighted by Gasteiger charge is 2.25. The lowest BCUT2D eigenvalue weighted by Crippen LogP contribution is -2.41. The van der Waals surface area contributed by atoms with E-state index in [9.17, 15) is 0 Å². The first-order valence-corrected chi connectivity index (χ1v) is 21.9. The minimum atomic E-state index is 0.515. The lowest BCUT2D eigenvalue weighted by atomic mass is 9.96. The molecule has 1 heterocycles. The second kappa shape index (κ2) is 28.3. The van der Waals surface area contributed by atoms with Crippen LogP contribution < -0.4 is 4.57 Å². The fourth-order valence-electron chi connectivity index (χ4n) is 7.87. The first-order valence-electron chi connectivity index (χ1n) is 21.9. The molecular formula is C48H79N2+. The van der Waals surface area contributed by atoms with Crippen LogP contribution in [0.3, 0.4) is 0 Å². The molecule has 0 amide bonds. The fourth-order valence-corrected chi connectivity index (χ4v) is 7.87. The molecule has 3 aromatic rings. The lowest BCUT2D eigenvalue weighted by Gasteiger charge is -2.12. The minimum absolute atomic E-state index is 0.515. The molecule has 0 aliphatic heterocycles. The molecule has 1 aromatic heterocycles. The monoisotopic (exact) mass is 684 g/mol. The third kappa shape index (κ3) is 18.2. The van der Waals surface area contributed by atoms with Crippen molar-refractivity contribution in [1.82, 2.24) is 4.57 Å². The Hall–Kier alpha value is -2.35. The molecular weight excluding hydrogens is 605 g/mol. The van der Waals surface area contributed by atoms with Gasteiger partial charge in [0, 0.05) is 6.42 Å². The number of hydrogen-bond donors (Lipinski definition) is 0. The maximum atomic E-state index is 2.76. The van der Waals surface area contributed by atoms with Crippen molar-refractivity contribution >= 4 is 0 Å². The highest BCUT2D eigenvalue weighted by molar-refractivity contribution is 5.21. The van der Waals surface area contributed by atoms with Gasteiger partial charge in [-0.25, -0.2) is 9.13 Å². The van der Waals surface area contributed by atoms with E-state index in [1.165, 1.54) is 183 Å². The van der Waals surface area contributed by atoms with Crippen LogP contribution in [0.1, 0.15) is 210 Å². The highest BCUT2D eigenvalue weighted by atomic mass is 15.2. The van der Waals surface area contributed by atoms with E-state index in [2.05, 4.69) is 96.8 Å². The van der Waals surface area contributed by atoms with Gasteiger partial charge >= 0.3 is 0 Å². The maximum Gasteiger partial charge on any atom is 0.261 e. The van der Waals surface area contributed by atoms with Crippen LogP contribution in [0.15, 0.2) is 66.9 Å². The van der Waals surface area contributed by atoms with Gasteiger partial charge in [-0.3, -0.25) is 0 Å². The minimum Gasteiger partial charge on any atom is -0.234 e. The summed E-state index contributed by atoms with van der Waals surface area (Å²) < 4.78 is 5.42. The number of aryl methyl sites for hydroxylation is 1. The zero-order valence-electron chi connectivity index (χ0n) is 33.3. The van der Waals surface area contributed by atoms with Crippen molar-refractivity contribution in [2.75, 3.05) is 0 Å². The van der Waals surface area contributed by atoms with Gasteiger partial charge in [0.2, 0.25) is 0 Å². The van der Waals surface area contributed by atoms with Gasteiger partial charge in [-0.15, -0.1) is 0 Å². The molecule has 1 unspecified atom stereocenters. The lowest BCUT2D eigenvalue weighted by molar-refractivity contribution is -0.710. The van der Waals surface area contributed by atoms with Crippen LogP contribution in [0.25, 0.3) is 0 Å². The maximum absolute atomic E-state index is 2.76. The van der Waals surface area contributed by atoms with Crippen molar-refractivity contribution < 1.29 is 4.57 Å². The van der Waals surface area contributed by atoms with Crippen LogP contribution in [0, 0.1) is 0 Å². The predicted molar refractivity (Wildman–Crippen MR) is 219 cm³/mol. The molecule has 0 bridgehead atoms. The van der Waals surface area contributed by atoms with Gasteiger partial charge in [0.1, 0.15) is 11.9 Å². The normalized spacial score (nSPS) is 12.1. The summed E-state index contributed by atoms with van der Waals surface area (Å²) in [5.41, 5.74) is 4.42. The Labute approximate surface area is 310 Å².